The number of pyridine rings is 1. The summed E-state index contributed by atoms with van der Waals surface area (Å²) < 4.78 is 0. The Hall–Kier alpha value is -3.22. The SMILES string of the molecule is NC(=O)c1n[nH]c2ccc3c(c12)CN(Cc1ccncc1)C(=O)CC3. The predicted octanol–water partition coefficient (Wildman–Crippen LogP) is 1.53. The minimum Gasteiger partial charge on any atom is -0.364 e. The molecule has 0 radical (unpaired) electrons. The van der Waals surface area contributed by atoms with Crippen molar-refractivity contribution in [3.05, 3.63) is 59.0 Å². The largest absolute Gasteiger partial charge is 0.364 e. The van der Waals surface area contributed by atoms with Gasteiger partial charge in [-0.25, -0.2) is 0 Å². The van der Waals surface area contributed by atoms with Crippen LogP contribution in [-0.2, 0) is 24.3 Å². The molecule has 0 unspecified atom stereocenters. The van der Waals surface area contributed by atoms with Crippen molar-refractivity contribution in [2.24, 2.45) is 5.73 Å². The van der Waals surface area contributed by atoms with Gasteiger partial charge in [0.2, 0.25) is 5.91 Å². The number of H-pyrrole nitrogens is 1. The van der Waals surface area contributed by atoms with Gasteiger partial charge in [0.1, 0.15) is 0 Å². The first-order chi connectivity index (χ1) is 12.1. The number of nitrogens with one attached hydrogen (secondary N) is 1. The monoisotopic (exact) mass is 335 g/mol. The average molecular weight is 335 g/mol. The summed E-state index contributed by atoms with van der Waals surface area (Å²) >= 11 is 0. The maximum absolute atomic E-state index is 12.6. The van der Waals surface area contributed by atoms with E-state index < -0.39 is 5.91 Å². The molecule has 2 amide bonds. The number of nitrogens with zero attached hydrogens (tertiary/aromatic N) is 3. The molecule has 0 bridgehead atoms. The molecule has 2 aromatic heterocycles. The number of hydrogen-bond acceptors (Lipinski definition) is 4. The first-order valence-corrected chi connectivity index (χ1v) is 8.09. The van der Waals surface area contributed by atoms with Gasteiger partial charge in [-0.2, -0.15) is 5.10 Å². The highest BCUT2D eigenvalue weighted by Gasteiger charge is 2.25. The topological polar surface area (TPSA) is 105 Å². The first-order valence-electron chi connectivity index (χ1n) is 8.09. The molecule has 0 spiro atoms. The van der Waals surface area contributed by atoms with Crippen LogP contribution in [-0.4, -0.2) is 31.9 Å². The quantitative estimate of drug-likeness (QED) is 0.757. The molecule has 1 aromatic carbocycles. The lowest BCUT2D eigenvalue weighted by atomic mass is 9.98. The highest BCUT2D eigenvalue weighted by molar-refractivity contribution is 6.05. The van der Waals surface area contributed by atoms with Crippen LogP contribution in [0.1, 0.15) is 33.6 Å². The molecule has 0 fully saturated rings. The van der Waals surface area contributed by atoms with E-state index in [1.54, 1.807) is 17.3 Å². The minimum atomic E-state index is -0.573. The van der Waals surface area contributed by atoms with E-state index >= 15 is 0 Å². The second kappa shape index (κ2) is 6.01. The van der Waals surface area contributed by atoms with Gasteiger partial charge in [0.25, 0.3) is 5.91 Å². The van der Waals surface area contributed by atoms with E-state index in [0.29, 0.717) is 25.9 Å². The summed E-state index contributed by atoms with van der Waals surface area (Å²) in [6, 6.07) is 7.67. The molecule has 0 saturated carbocycles. The van der Waals surface area contributed by atoms with Gasteiger partial charge >= 0.3 is 0 Å². The second-order valence-electron chi connectivity index (χ2n) is 6.17. The Morgan fingerprint density at radius 3 is 2.76 bits per heavy atom. The summed E-state index contributed by atoms with van der Waals surface area (Å²) in [6.45, 7) is 0.925. The number of carbonyl (C=O) groups is 2. The summed E-state index contributed by atoms with van der Waals surface area (Å²) in [5.74, 6) is -0.485. The third-order valence-corrected chi connectivity index (χ3v) is 4.60. The lowest BCUT2D eigenvalue weighted by molar-refractivity contribution is -0.132. The highest BCUT2D eigenvalue weighted by Crippen LogP contribution is 2.29. The van der Waals surface area contributed by atoms with E-state index in [0.717, 1.165) is 27.6 Å². The maximum Gasteiger partial charge on any atom is 0.269 e. The Kier molecular flexibility index (Phi) is 3.68. The number of aromatic amines is 1. The Labute approximate surface area is 143 Å². The van der Waals surface area contributed by atoms with Crippen LogP contribution in [0, 0.1) is 0 Å². The van der Waals surface area contributed by atoms with E-state index in [-0.39, 0.29) is 11.6 Å². The van der Waals surface area contributed by atoms with Crippen molar-refractivity contribution >= 4 is 22.7 Å². The Bertz CT molecular complexity index is 964. The van der Waals surface area contributed by atoms with Crippen LogP contribution >= 0.6 is 0 Å². The lowest BCUT2D eigenvalue weighted by Crippen LogP contribution is -2.28. The fourth-order valence-electron chi connectivity index (χ4n) is 3.35. The molecule has 25 heavy (non-hydrogen) atoms. The second-order valence-corrected chi connectivity index (χ2v) is 6.17. The lowest BCUT2D eigenvalue weighted by Gasteiger charge is -2.21. The Balaban J connectivity index is 1.78. The number of fused-ring (bicyclic) bond motifs is 3. The van der Waals surface area contributed by atoms with Crippen LogP contribution < -0.4 is 5.73 Å². The van der Waals surface area contributed by atoms with Crippen LogP contribution in [0.5, 0.6) is 0 Å². The van der Waals surface area contributed by atoms with Crippen LogP contribution in [0.3, 0.4) is 0 Å². The van der Waals surface area contributed by atoms with E-state index in [1.807, 2.05) is 24.3 Å². The minimum absolute atomic E-state index is 0.0882. The number of aryl methyl sites for hydroxylation is 1. The van der Waals surface area contributed by atoms with Crippen molar-refractivity contribution in [3.63, 3.8) is 0 Å². The number of amides is 2. The zero-order valence-electron chi connectivity index (χ0n) is 13.5. The van der Waals surface area contributed by atoms with Gasteiger partial charge in [-0.15, -0.1) is 0 Å². The zero-order valence-corrected chi connectivity index (χ0v) is 13.5. The highest BCUT2D eigenvalue weighted by atomic mass is 16.2. The number of nitrogens with two attached hydrogens (primary N) is 1. The number of aromatic nitrogens is 3. The number of hydrogen-bond donors (Lipinski definition) is 2. The van der Waals surface area contributed by atoms with Crippen molar-refractivity contribution < 1.29 is 9.59 Å². The normalized spacial score (nSPS) is 14.4. The Morgan fingerprint density at radius 1 is 1.20 bits per heavy atom. The van der Waals surface area contributed by atoms with Crippen molar-refractivity contribution in [1.29, 1.82) is 0 Å². The molecule has 7 nitrogen and oxygen atoms in total. The Morgan fingerprint density at radius 2 is 2.00 bits per heavy atom. The van der Waals surface area contributed by atoms with Gasteiger partial charge in [-0.3, -0.25) is 19.7 Å². The molecule has 126 valence electrons. The molecule has 1 aliphatic heterocycles. The number of primary amides is 1. The van der Waals surface area contributed by atoms with Crippen molar-refractivity contribution in [1.82, 2.24) is 20.1 Å². The van der Waals surface area contributed by atoms with Gasteiger partial charge in [0.05, 0.1) is 5.52 Å². The van der Waals surface area contributed by atoms with E-state index in [4.69, 9.17) is 5.73 Å². The summed E-state index contributed by atoms with van der Waals surface area (Å²) in [5.41, 5.74) is 9.47. The van der Waals surface area contributed by atoms with Crippen molar-refractivity contribution in [3.8, 4) is 0 Å². The van der Waals surface area contributed by atoms with Gasteiger partial charge in [0.15, 0.2) is 5.69 Å². The van der Waals surface area contributed by atoms with Gasteiger partial charge in [-0.1, -0.05) is 6.07 Å². The van der Waals surface area contributed by atoms with Gasteiger partial charge < -0.3 is 10.6 Å². The summed E-state index contributed by atoms with van der Waals surface area (Å²) in [5, 5.41) is 7.63. The molecule has 0 aliphatic carbocycles. The van der Waals surface area contributed by atoms with E-state index in [1.165, 1.54) is 0 Å². The standard InChI is InChI=1S/C18H17N5O2/c19-18(25)17-16-13-10-23(9-11-5-7-20-8-6-11)15(24)4-2-12(13)1-3-14(16)21-22-17/h1,3,5-8H,2,4,9-10H2,(H2,19,25)(H,21,22). The number of benzene rings is 1. The molecule has 0 saturated heterocycles. The fourth-order valence-corrected chi connectivity index (χ4v) is 3.35. The van der Waals surface area contributed by atoms with Crippen LogP contribution in [0.4, 0.5) is 0 Å². The fraction of sp³-hybridized carbons (Fsp3) is 0.222. The average Bonchev–Trinajstić information content (AvgIpc) is 2.99. The van der Waals surface area contributed by atoms with Gasteiger partial charge in [-0.05, 0) is 41.3 Å². The molecule has 1 aliphatic rings. The molecule has 3 heterocycles. The first kappa shape index (κ1) is 15.3. The molecule has 7 heteroatoms. The van der Waals surface area contributed by atoms with Crippen LogP contribution in [0.25, 0.3) is 10.9 Å². The molecule has 3 aromatic rings. The maximum atomic E-state index is 12.6. The van der Waals surface area contributed by atoms with Crippen molar-refractivity contribution in [2.75, 3.05) is 0 Å². The third kappa shape index (κ3) is 2.73. The summed E-state index contributed by atoms with van der Waals surface area (Å²) in [4.78, 5) is 30.1. The number of carbonyl (C=O) groups excluding carboxylic acids is 2. The molecule has 0 atom stereocenters. The number of rotatable bonds is 3. The molecule has 4 rings (SSSR count). The van der Waals surface area contributed by atoms with E-state index in [2.05, 4.69) is 15.2 Å². The molecule has 3 N–H and O–H groups in total. The molecular formula is C18H17N5O2. The van der Waals surface area contributed by atoms with Crippen molar-refractivity contribution in [2.45, 2.75) is 25.9 Å². The smallest absolute Gasteiger partial charge is 0.269 e. The third-order valence-electron chi connectivity index (χ3n) is 4.60. The molecular weight excluding hydrogens is 318 g/mol. The van der Waals surface area contributed by atoms with Crippen LogP contribution in [0.15, 0.2) is 36.7 Å². The summed E-state index contributed by atoms with van der Waals surface area (Å²) in [6.07, 6.45) is 4.50. The van der Waals surface area contributed by atoms with Gasteiger partial charge in [0, 0.05) is 37.3 Å². The van der Waals surface area contributed by atoms with Crippen LogP contribution in [0.2, 0.25) is 0 Å². The van der Waals surface area contributed by atoms with E-state index in [9.17, 15) is 9.59 Å². The summed E-state index contributed by atoms with van der Waals surface area (Å²) in [7, 11) is 0. The zero-order chi connectivity index (χ0) is 17.4. The predicted molar refractivity (Wildman–Crippen MR) is 91.4 cm³/mol.